The fourth-order valence-corrected chi connectivity index (χ4v) is 9.71. The summed E-state index contributed by atoms with van der Waals surface area (Å²) in [5.41, 5.74) is 10.2. The fraction of sp³-hybridized carbons (Fsp3) is 0.138. The number of benzene rings is 8. The number of pyridine rings is 1. The lowest BCUT2D eigenvalue weighted by Gasteiger charge is -2.27. The second-order valence-corrected chi connectivity index (χ2v) is 20.0. The highest BCUT2D eigenvalue weighted by Crippen LogP contribution is 2.42. The van der Waals surface area contributed by atoms with Crippen LogP contribution < -0.4 is 4.57 Å². The molecule has 12 aromatic rings. The number of hydrogen-bond acceptors (Lipinski definition) is 2. The Morgan fingerprint density at radius 3 is 2.00 bits per heavy atom. The monoisotopic (exact) mass is 916 g/mol. The molecule has 0 amide bonds. The zero-order valence-corrected chi connectivity index (χ0v) is 39.8. The van der Waals surface area contributed by atoms with Crippen LogP contribution in [0.1, 0.15) is 77.5 Å². The summed E-state index contributed by atoms with van der Waals surface area (Å²) in [6.45, 7) is 12.3. The Balaban J connectivity index is 1.09. The molecule has 0 radical (unpaired) electrons. The van der Waals surface area contributed by atoms with Crippen LogP contribution in [-0.2, 0) is 17.3 Å². The molecule has 0 fully saturated rings. The predicted molar refractivity (Wildman–Crippen MR) is 289 cm³/mol. The maximum atomic E-state index is 9.47. The average Bonchev–Trinajstić information content (AvgIpc) is 4.19. The summed E-state index contributed by atoms with van der Waals surface area (Å²) in [5.74, 6) is 0.712. The SMILES string of the molecule is [2H]c1c([2H])c([2H])c(-c2cc(-c3cc(C(C)(C)C)cc(-c4c([2H])c([2H])c([2H])c([2H])c4[2H])c3-[n+]3[c-]n(-c4cccc(Cc5ccc6c7ccccc7n(-c7nccc8ccoc78)c6c5)c4)c4ccccc43)cc(C(C)(C)C)c2)c([2H])c1[2H]. The van der Waals surface area contributed by atoms with E-state index in [2.05, 4.69) is 80.2 Å². The van der Waals surface area contributed by atoms with Gasteiger partial charge in [-0.15, -0.1) is 0 Å². The summed E-state index contributed by atoms with van der Waals surface area (Å²) in [6.07, 6.45) is 7.79. The first-order valence-corrected chi connectivity index (χ1v) is 23.5. The van der Waals surface area contributed by atoms with Crippen molar-refractivity contribution in [2.75, 3.05) is 0 Å². The molecule has 340 valence electrons. The summed E-state index contributed by atoms with van der Waals surface area (Å²) in [4.78, 5) is 4.84. The van der Waals surface area contributed by atoms with Crippen molar-refractivity contribution in [2.45, 2.75) is 58.8 Å². The van der Waals surface area contributed by atoms with Gasteiger partial charge in [0.15, 0.2) is 11.4 Å². The summed E-state index contributed by atoms with van der Waals surface area (Å²) in [6, 6.07) is 40.3. The molecule has 0 aliphatic rings. The molecule has 5 nitrogen and oxygen atoms in total. The number of hydrogen-bond donors (Lipinski definition) is 0. The van der Waals surface area contributed by atoms with E-state index in [4.69, 9.17) is 20.4 Å². The molecular weight excluding hydrogens is 853 g/mol. The van der Waals surface area contributed by atoms with Gasteiger partial charge >= 0.3 is 0 Å². The maximum Gasteiger partial charge on any atom is 0.269 e. The smallest absolute Gasteiger partial charge is 0.269 e. The van der Waals surface area contributed by atoms with Crippen molar-refractivity contribution in [3.05, 3.63) is 235 Å². The van der Waals surface area contributed by atoms with Gasteiger partial charge in [-0.25, -0.2) is 4.98 Å². The Labute approximate surface area is 423 Å². The van der Waals surface area contributed by atoms with E-state index in [-0.39, 0.29) is 35.3 Å². The van der Waals surface area contributed by atoms with E-state index in [1.807, 2.05) is 121 Å². The Morgan fingerprint density at radius 2 is 1.23 bits per heavy atom. The molecule has 0 atom stereocenters. The Bertz CT molecular complexity index is 4500. The first-order chi connectivity index (χ1) is 38.1. The first-order valence-electron chi connectivity index (χ1n) is 28.5. The lowest BCUT2D eigenvalue weighted by atomic mass is 9.80. The minimum absolute atomic E-state index is 0.00327. The maximum absolute atomic E-state index is 9.47. The van der Waals surface area contributed by atoms with E-state index in [0.29, 0.717) is 51.3 Å². The Hall–Kier alpha value is -8.28. The average molecular weight is 917 g/mol. The third-order valence-corrected chi connectivity index (χ3v) is 13.3. The Morgan fingerprint density at radius 1 is 0.571 bits per heavy atom. The van der Waals surface area contributed by atoms with Gasteiger partial charge in [-0.1, -0.05) is 193 Å². The molecule has 12 rings (SSSR count). The molecule has 5 heteroatoms. The van der Waals surface area contributed by atoms with Crippen LogP contribution in [0.15, 0.2) is 211 Å². The van der Waals surface area contributed by atoms with Crippen molar-refractivity contribution in [1.82, 2.24) is 14.1 Å². The molecule has 0 spiro atoms. The van der Waals surface area contributed by atoms with Gasteiger partial charge in [-0.3, -0.25) is 13.7 Å². The van der Waals surface area contributed by atoms with Crippen LogP contribution in [-0.4, -0.2) is 14.1 Å². The van der Waals surface area contributed by atoms with Crippen molar-refractivity contribution in [1.29, 1.82) is 0 Å². The second kappa shape index (κ2) is 16.7. The van der Waals surface area contributed by atoms with Gasteiger partial charge in [-0.2, -0.15) is 0 Å². The molecule has 4 aromatic heterocycles. The van der Waals surface area contributed by atoms with Gasteiger partial charge in [0.2, 0.25) is 0 Å². The summed E-state index contributed by atoms with van der Waals surface area (Å²) >= 11 is 0. The minimum Gasteiger partial charge on any atom is -0.460 e. The number of fused-ring (bicyclic) bond motifs is 5. The Kier molecular flexibility index (Phi) is 7.96. The fourth-order valence-electron chi connectivity index (χ4n) is 9.71. The number of nitrogens with zero attached hydrogens (tertiary/aromatic N) is 4. The van der Waals surface area contributed by atoms with E-state index < -0.39 is 47.1 Å². The van der Waals surface area contributed by atoms with E-state index in [1.165, 1.54) is 0 Å². The molecule has 0 saturated heterocycles. The van der Waals surface area contributed by atoms with Crippen LogP contribution in [0.25, 0.3) is 94.4 Å². The predicted octanol–water partition coefficient (Wildman–Crippen LogP) is 16.1. The standard InChI is InChI=1S/C65H54N4O/c1-64(2,3)50-38-48(45-19-9-7-10-20-45)37-49(39-50)56-41-51(65(4,5)6)40-55(46-21-11-8-12-22-46)61(56)68-42-67(58-26-15-16-27-59(58)68)52-23-17-18-43(35-52)34-44-28-29-54-53-24-13-14-25-57(53)69(60(54)36-44)63-62-47(30-32-66-63)31-33-70-62/h7-33,35-41H,34H2,1-6H3/i7D,8D,9D,10D,11D,12D,19D,20D,21D,22D. The lowest BCUT2D eigenvalue weighted by molar-refractivity contribution is -0.571. The number of aromatic nitrogens is 4. The number of para-hydroxylation sites is 3. The molecule has 70 heavy (non-hydrogen) atoms. The van der Waals surface area contributed by atoms with Gasteiger partial charge in [0.1, 0.15) is 0 Å². The largest absolute Gasteiger partial charge is 0.460 e. The van der Waals surface area contributed by atoms with Crippen LogP contribution in [0.5, 0.6) is 0 Å². The number of imidazole rings is 1. The highest BCUT2D eigenvalue weighted by Gasteiger charge is 2.26. The molecular formula is C65H54N4O. The lowest BCUT2D eigenvalue weighted by Crippen LogP contribution is -2.32. The van der Waals surface area contributed by atoms with Crippen LogP contribution >= 0.6 is 0 Å². The quantitative estimate of drug-likeness (QED) is 0.113. The van der Waals surface area contributed by atoms with Gasteiger partial charge in [0.25, 0.3) is 6.33 Å². The van der Waals surface area contributed by atoms with Crippen LogP contribution in [0.2, 0.25) is 0 Å². The molecule has 0 aliphatic heterocycles. The summed E-state index contributed by atoms with van der Waals surface area (Å²) in [7, 11) is 0. The van der Waals surface area contributed by atoms with E-state index in [0.717, 1.165) is 60.6 Å². The topological polar surface area (TPSA) is 39.8 Å². The third-order valence-electron chi connectivity index (χ3n) is 13.3. The summed E-state index contributed by atoms with van der Waals surface area (Å²) < 4.78 is 101. The molecule has 0 aliphatic carbocycles. The first kappa shape index (κ1) is 33.3. The third kappa shape index (κ3) is 7.59. The van der Waals surface area contributed by atoms with E-state index in [9.17, 15) is 2.74 Å². The normalized spacial score (nSPS) is 14.2. The zero-order chi connectivity index (χ0) is 56.4. The van der Waals surface area contributed by atoms with Gasteiger partial charge in [-0.05, 0) is 115 Å². The van der Waals surface area contributed by atoms with Gasteiger partial charge < -0.3 is 4.42 Å². The number of rotatable bonds is 8. The highest BCUT2D eigenvalue weighted by molar-refractivity contribution is 6.10. The van der Waals surface area contributed by atoms with Crippen LogP contribution in [0.3, 0.4) is 0 Å². The van der Waals surface area contributed by atoms with Crippen molar-refractivity contribution in [3.63, 3.8) is 0 Å². The van der Waals surface area contributed by atoms with Crippen LogP contribution in [0.4, 0.5) is 0 Å². The molecule has 0 unspecified atom stereocenters. The van der Waals surface area contributed by atoms with Gasteiger partial charge in [0.05, 0.1) is 53.4 Å². The minimum atomic E-state index is -0.541. The van der Waals surface area contributed by atoms with E-state index >= 15 is 0 Å². The second-order valence-electron chi connectivity index (χ2n) is 20.0. The zero-order valence-electron chi connectivity index (χ0n) is 49.8. The number of furan rings is 1. The van der Waals surface area contributed by atoms with Gasteiger partial charge in [0, 0.05) is 22.4 Å². The summed E-state index contributed by atoms with van der Waals surface area (Å²) in [5, 5.41) is 3.16. The molecule has 8 aromatic carbocycles. The highest BCUT2D eigenvalue weighted by atomic mass is 16.3. The molecule has 0 N–H and O–H groups in total. The van der Waals surface area contributed by atoms with Crippen molar-refractivity contribution in [2.24, 2.45) is 0 Å². The van der Waals surface area contributed by atoms with Crippen LogP contribution in [0, 0.1) is 6.33 Å². The van der Waals surface area contributed by atoms with Crippen molar-refractivity contribution >= 4 is 43.8 Å². The molecule has 4 heterocycles. The van der Waals surface area contributed by atoms with Crippen molar-refractivity contribution < 1.29 is 22.7 Å². The molecule has 0 saturated carbocycles. The van der Waals surface area contributed by atoms with E-state index in [1.54, 1.807) is 6.26 Å². The molecule has 0 bridgehead atoms. The van der Waals surface area contributed by atoms with Crippen molar-refractivity contribution in [3.8, 4) is 50.6 Å².